The number of nitrogens with one attached hydrogen (secondary N) is 1. The smallest absolute Gasteiger partial charge is 0.410 e. The highest BCUT2D eigenvalue weighted by molar-refractivity contribution is 6.34. The molecule has 1 saturated heterocycles. The largest absolute Gasteiger partial charge is 0.474 e. The third-order valence-corrected chi connectivity index (χ3v) is 5.21. The number of aromatic nitrogens is 1. The molecule has 0 radical (unpaired) electrons. The molecule has 0 saturated carbocycles. The molecule has 2 unspecified atom stereocenters. The normalized spacial score (nSPS) is 18.8. The minimum Gasteiger partial charge on any atom is -0.474 e. The first-order valence-electron chi connectivity index (χ1n) is 10.4. The molecule has 2 aromatic rings. The van der Waals surface area contributed by atoms with Crippen molar-refractivity contribution in [1.82, 2.24) is 9.88 Å². The van der Waals surface area contributed by atoms with E-state index >= 15 is 0 Å². The Labute approximate surface area is 191 Å². The molecule has 2 amide bonds. The number of carbonyl (C=O) groups is 2. The number of pyridine rings is 1. The highest BCUT2D eigenvalue weighted by atomic mass is 35.5. The van der Waals surface area contributed by atoms with E-state index in [-0.39, 0.29) is 34.6 Å². The van der Waals surface area contributed by atoms with Crippen LogP contribution >= 0.6 is 11.6 Å². The molecule has 32 heavy (non-hydrogen) atoms. The van der Waals surface area contributed by atoms with Crippen LogP contribution in [0.1, 0.15) is 50.9 Å². The lowest BCUT2D eigenvalue weighted by atomic mass is 10.0. The topological polar surface area (TPSA) is 80.8 Å². The van der Waals surface area contributed by atoms with E-state index in [0.29, 0.717) is 25.3 Å². The summed E-state index contributed by atoms with van der Waals surface area (Å²) in [5.41, 5.74) is -0.795. The van der Waals surface area contributed by atoms with Gasteiger partial charge in [-0.25, -0.2) is 9.18 Å². The van der Waals surface area contributed by atoms with E-state index in [1.165, 1.54) is 18.2 Å². The van der Waals surface area contributed by atoms with Crippen molar-refractivity contribution in [2.75, 3.05) is 11.9 Å². The predicted octanol–water partition coefficient (Wildman–Crippen LogP) is 5.29. The molecule has 0 bridgehead atoms. The molecule has 1 fully saturated rings. The van der Waals surface area contributed by atoms with Crippen LogP contribution in [-0.4, -0.2) is 46.2 Å². The van der Waals surface area contributed by atoms with Crippen LogP contribution in [0.5, 0.6) is 5.88 Å². The van der Waals surface area contributed by atoms with Crippen LogP contribution in [0.25, 0.3) is 0 Å². The van der Waals surface area contributed by atoms with E-state index < -0.39 is 17.3 Å². The fourth-order valence-corrected chi connectivity index (χ4v) is 3.69. The van der Waals surface area contributed by atoms with E-state index in [1.807, 2.05) is 27.7 Å². The Morgan fingerprint density at radius 2 is 1.94 bits per heavy atom. The Balaban J connectivity index is 1.61. The lowest BCUT2D eigenvalue weighted by molar-refractivity contribution is -0.00149. The van der Waals surface area contributed by atoms with E-state index in [1.54, 1.807) is 23.1 Å². The number of benzene rings is 1. The maximum atomic E-state index is 14.0. The van der Waals surface area contributed by atoms with Crippen molar-refractivity contribution in [3.05, 3.63) is 52.8 Å². The average Bonchev–Trinajstić information content (AvgIpc) is 2.66. The highest BCUT2D eigenvalue weighted by Gasteiger charge is 2.32. The molecule has 172 valence electrons. The van der Waals surface area contributed by atoms with Crippen molar-refractivity contribution < 1.29 is 23.5 Å². The summed E-state index contributed by atoms with van der Waals surface area (Å²) in [5, 5.41) is 2.56. The Morgan fingerprint density at radius 3 is 2.59 bits per heavy atom. The maximum absolute atomic E-state index is 14.0. The predicted molar refractivity (Wildman–Crippen MR) is 120 cm³/mol. The van der Waals surface area contributed by atoms with Gasteiger partial charge in [0.1, 0.15) is 23.3 Å². The molecule has 3 rings (SSSR count). The van der Waals surface area contributed by atoms with Gasteiger partial charge in [-0.2, -0.15) is 4.98 Å². The van der Waals surface area contributed by atoms with Crippen LogP contribution in [0.4, 0.5) is 15.0 Å². The number of amides is 2. The van der Waals surface area contributed by atoms with Gasteiger partial charge in [0.15, 0.2) is 0 Å². The van der Waals surface area contributed by atoms with Crippen LogP contribution in [-0.2, 0) is 4.74 Å². The molecular weight excluding hydrogens is 437 g/mol. The number of likely N-dealkylation sites (tertiary alicyclic amines) is 1. The molecule has 0 aliphatic carbocycles. The lowest BCUT2D eigenvalue weighted by Crippen LogP contribution is -2.49. The van der Waals surface area contributed by atoms with Crippen molar-refractivity contribution in [3.8, 4) is 5.88 Å². The molecule has 2 atom stereocenters. The molecule has 1 aliphatic heterocycles. The summed E-state index contributed by atoms with van der Waals surface area (Å²) < 4.78 is 25.4. The Kier molecular flexibility index (Phi) is 7.23. The lowest BCUT2D eigenvalue weighted by Gasteiger charge is -2.38. The zero-order valence-corrected chi connectivity index (χ0v) is 19.3. The monoisotopic (exact) mass is 463 g/mol. The average molecular weight is 464 g/mol. The standard InChI is InChI=1S/C23H27ClFN3O4/c1-14-13-15(11-12-28(14)22(30)32-23(2,3)4)31-19-10-6-9-18(26-19)27-21(29)20-16(24)7-5-8-17(20)25/h5-10,14-15H,11-13H2,1-4H3,(H,26,27,29). The van der Waals surface area contributed by atoms with Crippen LogP contribution in [0, 0.1) is 5.82 Å². The van der Waals surface area contributed by atoms with Crippen molar-refractivity contribution in [3.63, 3.8) is 0 Å². The molecular formula is C23H27ClFN3O4. The number of anilines is 1. The van der Waals surface area contributed by atoms with Crippen molar-refractivity contribution in [2.24, 2.45) is 0 Å². The van der Waals surface area contributed by atoms with Crippen LogP contribution in [0.2, 0.25) is 5.02 Å². The molecule has 1 N–H and O–H groups in total. The van der Waals surface area contributed by atoms with Crippen molar-refractivity contribution in [1.29, 1.82) is 0 Å². The van der Waals surface area contributed by atoms with Gasteiger partial charge in [0.25, 0.3) is 5.91 Å². The molecule has 9 heteroatoms. The second kappa shape index (κ2) is 9.73. The van der Waals surface area contributed by atoms with Gasteiger partial charge in [-0.15, -0.1) is 0 Å². The summed E-state index contributed by atoms with van der Waals surface area (Å²) in [4.78, 5) is 30.8. The summed E-state index contributed by atoms with van der Waals surface area (Å²) >= 11 is 5.95. The minimum atomic E-state index is -0.715. The number of piperidine rings is 1. The molecule has 1 aromatic carbocycles. The first-order valence-corrected chi connectivity index (χ1v) is 10.8. The van der Waals surface area contributed by atoms with Gasteiger partial charge in [-0.1, -0.05) is 23.7 Å². The first kappa shape index (κ1) is 23.8. The summed E-state index contributed by atoms with van der Waals surface area (Å²) in [5.74, 6) is -0.874. The fraction of sp³-hybridized carbons (Fsp3) is 0.435. The van der Waals surface area contributed by atoms with Crippen molar-refractivity contribution in [2.45, 2.75) is 58.3 Å². The zero-order chi connectivity index (χ0) is 23.5. The van der Waals surface area contributed by atoms with Gasteiger partial charge in [-0.3, -0.25) is 4.79 Å². The van der Waals surface area contributed by atoms with Gasteiger partial charge in [0, 0.05) is 31.5 Å². The number of halogens is 2. The Morgan fingerprint density at radius 1 is 1.22 bits per heavy atom. The summed E-state index contributed by atoms with van der Waals surface area (Å²) in [6.45, 7) is 7.96. The number of ether oxygens (including phenoxy) is 2. The summed E-state index contributed by atoms with van der Waals surface area (Å²) in [6.07, 6.45) is 0.746. The molecule has 2 heterocycles. The third-order valence-electron chi connectivity index (χ3n) is 4.90. The van der Waals surface area contributed by atoms with E-state index in [0.717, 1.165) is 0 Å². The van der Waals surface area contributed by atoms with Gasteiger partial charge >= 0.3 is 6.09 Å². The van der Waals surface area contributed by atoms with E-state index in [9.17, 15) is 14.0 Å². The second-order valence-electron chi connectivity index (χ2n) is 8.70. The number of rotatable bonds is 4. The minimum absolute atomic E-state index is 0.0145. The first-order chi connectivity index (χ1) is 15.0. The molecule has 1 aromatic heterocycles. The number of carbonyl (C=O) groups excluding carboxylic acids is 2. The van der Waals surface area contributed by atoms with E-state index in [4.69, 9.17) is 21.1 Å². The fourth-order valence-electron chi connectivity index (χ4n) is 3.44. The molecule has 1 aliphatic rings. The Bertz CT molecular complexity index is 975. The highest BCUT2D eigenvalue weighted by Crippen LogP contribution is 2.25. The van der Waals surface area contributed by atoms with Crippen molar-refractivity contribution >= 4 is 29.4 Å². The van der Waals surface area contributed by atoms with Gasteiger partial charge in [0.2, 0.25) is 5.88 Å². The summed E-state index contributed by atoms with van der Waals surface area (Å²) in [7, 11) is 0. The molecule has 0 spiro atoms. The summed E-state index contributed by atoms with van der Waals surface area (Å²) in [6, 6.07) is 8.91. The SMILES string of the molecule is CC1CC(Oc2cccc(NC(=O)c3c(F)cccc3Cl)n2)CCN1C(=O)OC(C)(C)C. The number of nitrogens with zero attached hydrogens (tertiary/aromatic N) is 2. The quantitative estimate of drug-likeness (QED) is 0.666. The van der Waals surface area contributed by atoms with Gasteiger partial charge in [0.05, 0.1) is 10.6 Å². The number of hydrogen-bond acceptors (Lipinski definition) is 5. The third kappa shape index (κ3) is 6.09. The zero-order valence-electron chi connectivity index (χ0n) is 18.5. The second-order valence-corrected chi connectivity index (χ2v) is 9.11. The van der Waals surface area contributed by atoms with Gasteiger partial charge < -0.3 is 19.7 Å². The van der Waals surface area contributed by atoms with Gasteiger partial charge in [-0.05, 0) is 45.9 Å². The van der Waals surface area contributed by atoms with Crippen LogP contribution in [0.3, 0.4) is 0 Å². The Hall–Kier alpha value is -2.87. The van der Waals surface area contributed by atoms with E-state index in [2.05, 4.69) is 10.3 Å². The van der Waals surface area contributed by atoms with Crippen LogP contribution < -0.4 is 10.1 Å². The maximum Gasteiger partial charge on any atom is 0.410 e. The van der Waals surface area contributed by atoms with Crippen LogP contribution in [0.15, 0.2) is 36.4 Å². The number of hydrogen-bond donors (Lipinski definition) is 1. The molecule has 7 nitrogen and oxygen atoms in total.